The van der Waals surface area contributed by atoms with Crippen LogP contribution in [0, 0.1) is 0 Å². The minimum atomic E-state index is 0.217. The molecule has 0 saturated carbocycles. The lowest BCUT2D eigenvalue weighted by Crippen LogP contribution is -2.37. The van der Waals surface area contributed by atoms with Crippen LogP contribution in [0.25, 0.3) is 22.3 Å². The zero-order chi connectivity index (χ0) is 24.5. The number of hydrogen-bond donors (Lipinski definition) is 1. The molecule has 1 unspecified atom stereocenters. The summed E-state index contributed by atoms with van der Waals surface area (Å²) < 4.78 is 15.4. The van der Waals surface area contributed by atoms with Gasteiger partial charge in [-0.2, -0.15) is 5.10 Å². The first-order valence-electron chi connectivity index (χ1n) is 12.4. The smallest absolute Gasteiger partial charge is 0.137 e. The largest absolute Gasteiger partial charge is 0.497 e. The van der Waals surface area contributed by atoms with E-state index in [1.807, 2.05) is 35.4 Å². The molecule has 0 spiro atoms. The number of nitrogens with one attached hydrogen (secondary N) is 1. The number of nitrogens with zero attached hydrogens (tertiary/aromatic N) is 5. The molecule has 35 heavy (non-hydrogen) atoms. The molecule has 0 bridgehead atoms. The summed E-state index contributed by atoms with van der Waals surface area (Å²) in [6.45, 7) is 9.20. The molecule has 8 nitrogen and oxygen atoms in total. The highest BCUT2D eigenvalue weighted by molar-refractivity contribution is 6.00. The monoisotopic (exact) mass is 474 g/mol. The van der Waals surface area contributed by atoms with Gasteiger partial charge in [0.1, 0.15) is 23.0 Å². The molecule has 1 aliphatic heterocycles. The summed E-state index contributed by atoms with van der Waals surface area (Å²) in [7, 11) is 1.68. The van der Waals surface area contributed by atoms with Crippen molar-refractivity contribution in [1.82, 2.24) is 24.3 Å². The average molecular weight is 475 g/mol. The molecule has 184 valence electrons. The van der Waals surface area contributed by atoms with Crippen LogP contribution in [-0.2, 0) is 11.3 Å². The van der Waals surface area contributed by atoms with Crippen LogP contribution in [0.15, 0.2) is 49.1 Å². The number of hydrogen-bond acceptors (Lipinski definition) is 6. The van der Waals surface area contributed by atoms with Crippen LogP contribution in [0.3, 0.4) is 0 Å². The molecule has 3 atom stereocenters. The van der Waals surface area contributed by atoms with Gasteiger partial charge in [0, 0.05) is 24.5 Å². The van der Waals surface area contributed by atoms with Crippen LogP contribution in [0.5, 0.6) is 5.75 Å². The molecule has 0 radical (unpaired) electrons. The number of aromatic nitrogens is 5. The summed E-state index contributed by atoms with van der Waals surface area (Å²) in [6.07, 6.45) is 8.13. The summed E-state index contributed by atoms with van der Waals surface area (Å²) in [5, 5.41) is 9.78. The quantitative estimate of drug-likeness (QED) is 0.392. The van der Waals surface area contributed by atoms with Crippen molar-refractivity contribution in [2.45, 2.75) is 71.4 Å². The Labute approximate surface area is 206 Å². The Hall–Kier alpha value is -3.39. The maximum Gasteiger partial charge on any atom is 0.137 e. The average Bonchev–Trinajstić information content (AvgIpc) is 3.45. The number of benzene rings is 1. The third-order valence-corrected chi connectivity index (χ3v) is 6.63. The van der Waals surface area contributed by atoms with Gasteiger partial charge < -0.3 is 19.4 Å². The lowest BCUT2D eigenvalue weighted by molar-refractivity contribution is -0.0338. The van der Waals surface area contributed by atoms with Crippen LogP contribution < -0.4 is 10.1 Å². The predicted octanol–water partition coefficient (Wildman–Crippen LogP) is 5.30. The van der Waals surface area contributed by atoms with E-state index in [9.17, 15) is 0 Å². The molecule has 1 aliphatic rings. The molecule has 0 aliphatic carbocycles. The number of ether oxygens (including phenoxy) is 2. The van der Waals surface area contributed by atoms with Crippen molar-refractivity contribution in [2.24, 2.45) is 0 Å². The Balaban J connectivity index is 1.57. The molecule has 4 heterocycles. The van der Waals surface area contributed by atoms with Gasteiger partial charge in [-0.3, -0.25) is 4.68 Å². The van der Waals surface area contributed by atoms with E-state index < -0.39 is 0 Å². The summed E-state index contributed by atoms with van der Waals surface area (Å²) in [5.41, 5.74) is 3.87. The molecule has 1 N–H and O–H groups in total. The Bertz CT molecular complexity index is 1280. The first-order valence-corrected chi connectivity index (χ1v) is 12.4. The van der Waals surface area contributed by atoms with Crippen LogP contribution in [0.1, 0.15) is 52.1 Å². The fraction of sp³-hybridized carbons (Fsp3) is 0.444. The van der Waals surface area contributed by atoms with Crippen molar-refractivity contribution in [1.29, 1.82) is 0 Å². The summed E-state index contributed by atoms with van der Waals surface area (Å²) in [5.74, 6) is 1.69. The maximum absolute atomic E-state index is 5.95. The van der Waals surface area contributed by atoms with Gasteiger partial charge in [0.05, 0.1) is 43.1 Å². The standard InChI is InChI=1S/C27H34N6O2/c1-17(2)32-15-23(29-16-32)26-25-24(33(31-26)14-20-6-8-22(34-5)9-7-20)10-11-28-27(25)30-21-12-18(3)35-19(4)13-21/h6-11,15-19,21H,12-14H2,1-5H3,(H,28,30)/t18-,19+,21?. The topological polar surface area (TPSA) is 79.0 Å². The fourth-order valence-corrected chi connectivity index (χ4v) is 4.90. The number of rotatable bonds is 7. The van der Waals surface area contributed by atoms with Gasteiger partial charge in [-0.1, -0.05) is 12.1 Å². The van der Waals surface area contributed by atoms with E-state index in [0.29, 0.717) is 12.6 Å². The molecule has 8 heteroatoms. The Kier molecular flexibility index (Phi) is 6.47. The highest BCUT2D eigenvalue weighted by atomic mass is 16.5. The SMILES string of the molecule is COc1ccc(Cn2nc(-c3cn(C(C)C)cn3)c3c(NC4C[C@@H](C)O[C@@H](C)C4)nccc32)cc1. The van der Waals surface area contributed by atoms with Crippen LogP contribution in [-0.4, -0.2) is 49.7 Å². The molecule has 0 amide bonds. The first-order chi connectivity index (χ1) is 16.9. The molecule has 1 fully saturated rings. The van der Waals surface area contributed by atoms with E-state index in [2.05, 4.69) is 55.9 Å². The van der Waals surface area contributed by atoms with Gasteiger partial charge in [-0.25, -0.2) is 9.97 Å². The predicted molar refractivity (Wildman–Crippen MR) is 138 cm³/mol. The Morgan fingerprint density at radius 3 is 2.49 bits per heavy atom. The second kappa shape index (κ2) is 9.70. The van der Waals surface area contributed by atoms with Gasteiger partial charge in [-0.05, 0) is 64.3 Å². The minimum absolute atomic E-state index is 0.217. The van der Waals surface area contributed by atoms with Gasteiger partial charge in [0.2, 0.25) is 0 Å². The van der Waals surface area contributed by atoms with Crippen molar-refractivity contribution in [3.05, 3.63) is 54.6 Å². The Morgan fingerprint density at radius 1 is 1.09 bits per heavy atom. The number of methoxy groups -OCH3 is 1. The molecular weight excluding hydrogens is 440 g/mol. The Morgan fingerprint density at radius 2 is 1.83 bits per heavy atom. The van der Waals surface area contributed by atoms with Crippen LogP contribution in [0.2, 0.25) is 0 Å². The zero-order valence-electron chi connectivity index (χ0n) is 21.1. The van der Waals surface area contributed by atoms with Gasteiger partial charge in [0.15, 0.2) is 0 Å². The van der Waals surface area contributed by atoms with E-state index in [4.69, 9.17) is 24.5 Å². The normalized spacial score (nSPS) is 20.5. The first kappa shape index (κ1) is 23.4. The zero-order valence-corrected chi connectivity index (χ0v) is 21.1. The number of imidazole rings is 1. The van der Waals surface area contributed by atoms with Crippen molar-refractivity contribution in [3.8, 4) is 17.1 Å². The summed E-state index contributed by atoms with van der Waals surface area (Å²) in [4.78, 5) is 9.47. The number of anilines is 1. The maximum atomic E-state index is 5.95. The fourth-order valence-electron chi connectivity index (χ4n) is 4.90. The van der Waals surface area contributed by atoms with E-state index in [-0.39, 0.29) is 18.2 Å². The summed E-state index contributed by atoms with van der Waals surface area (Å²) in [6, 6.07) is 10.8. The van der Waals surface area contributed by atoms with Gasteiger partial charge in [-0.15, -0.1) is 0 Å². The summed E-state index contributed by atoms with van der Waals surface area (Å²) >= 11 is 0. The molecule has 1 saturated heterocycles. The van der Waals surface area contributed by atoms with Crippen LogP contribution >= 0.6 is 0 Å². The lowest BCUT2D eigenvalue weighted by Gasteiger charge is -2.33. The molecule has 4 aromatic rings. The molecular formula is C27H34N6O2. The number of fused-ring (bicyclic) bond motifs is 1. The second-order valence-corrected chi connectivity index (χ2v) is 9.78. The van der Waals surface area contributed by atoms with Gasteiger partial charge in [0.25, 0.3) is 0 Å². The van der Waals surface area contributed by atoms with E-state index in [1.165, 1.54) is 0 Å². The third kappa shape index (κ3) is 4.89. The van der Waals surface area contributed by atoms with Crippen LogP contribution in [0.4, 0.5) is 5.82 Å². The van der Waals surface area contributed by atoms with Gasteiger partial charge >= 0.3 is 0 Å². The van der Waals surface area contributed by atoms with Crippen molar-refractivity contribution in [3.63, 3.8) is 0 Å². The molecule has 1 aromatic carbocycles. The van der Waals surface area contributed by atoms with E-state index in [0.717, 1.165) is 52.3 Å². The van der Waals surface area contributed by atoms with Crippen molar-refractivity contribution < 1.29 is 9.47 Å². The molecule has 3 aromatic heterocycles. The number of pyridine rings is 1. The highest BCUT2D eigenvalue weighted by Crippen LogP contribution is 2.34. The third-order valence-electron chi connectivity index (χ3n) is 6.63. The molecule has 5 rings (SSSR count). The van der Waals surface area contributed by atoms with E-state index in [1.54, 1.807) is 7.11 Å². The second-order valence-electron chi connectivity index (χ2n) is 9.78. The van der Waals surface area contributed by atoms with E-state index >= 15 is 0 Å². The van der Waals surface area contributed by atoms with Crippen molar-refractivity contribution in [2.75, 3.05) is 12.4 Å². The highest BCUT2D eigenvalue weighted by Gasteiger charge is 2.26. The minimum Gasteiger partial charge on any atom is -0.497 e. The lowest BCUT2D eigenvalue weighted by atomic mass is 9.99. The van der Waals surface area contributed by atoms with Crippen molar-refractivity contribution >= 4 is 16.7 Å².